The molecule has 0 atom stereocenters. The maximum absolute atomic E-state index is 6.05. The molecule has 0 spiro atoms. The summed E-state index contributed by atoms with van der Waals surface area (Å²) >= 11 is 12.1. The largest absolute Gasteiger partial charge is 0.496 e. The summed E-state index contributed by atoms with van der Waals surface area (Å²) in [6.45, 7) is 4.37. The van der Waals surface area contributed by atoms with E-state index >= 15 is 0 Å². The maximum atomic E-state index is 6.05. The van der Waals surface area contributed by atoms with E-state index in [4.69, 9.17) is 32.7 Å². The summed E-state index contributed by atoms with van der Waals surface area (Å²) in [5.74, 6) is 2.47. The summed E-state index contributed by atoms with van der Waals surface area (Å²) < 4.78 is 10.7. The quantitative estimate of drug-likeness (QED) is 0.638. The minimum absolute atomic E-state index is 0.180. The summed E-state index contributed by atoms with van der Waals surface area (Å²) in [5, 5.41) is 0. The molecular weight excluding hydrogens is 331 g/mol. The Balaban J connectivity index is 2.49. The fourth-order valence-corrected chi connectivity index (χ4v) is 3.13. The van der Waals surface area contributed by atoms with Gasteiger partial charge in [0.05, 0.1) is 26.0 Å². The highest BCUT2D eigenvalue weighted by Gasteiger charge is 2.25. The SMILES string of the molecule is COc1ccc(C(C)(C)c2ccc(OC)c(CCl)c2)cc1CCl. The molecule has 0 heterocycles. The van der Waals surface area contributed by atoms with E-state index in [2.05, 4.69) is 38.1 Å². The Bertz CT molecular complexity index is 624. The lowest BCUT2D eigenvalue weighted by atomic mass is 9.77. The van der Waals surface area contributed by atoms with Gasteiger partial charge in [-0.05, 0) is 23.3 Å². The van der Waals surface area contributed by atoms with Gasteiger partial charge >= 0.3 is 0 Å². The van der Waals surface area contributed by atoms with Gasteiger partial charge in [-0.15, -0.1) is 23.2 Å². The number of ether oxygens (including phenoxy) is 2. The first-order chi connectivity index (χ1) is 11.0. The molecule has 0 radical (unpaired) electrons. The lowest BCUT2D eigenvalue weighted by Gasteiger charge is -2.28. The predicted octanol–water partition coefficient (Wildman–Crippen LogP) is 5.51. The minimum atomic E-state index is -0.180. The predicted molar refractivity (Wildman–Crippen MR) is 97.2 cm³/mol. The zero-order chi connectivity index (χ0) is 17.0. The first-order valence-corrected chi connectivity index (χ1v) is 8.51. The fourth-order valence-electron chi connectivity index (χ4n) is 2.71. The van der Waals surface area contributed by atoms with Crippen molar-refractivity contribution in [3.8, 4) is 11.5 Å². The Labute approximate surface area is 148 Å². The molecule has 124 valence electrons. The normalized spacial score (nSPS) is 11.4. The van der Waals surface area contributed by atoms with Crippen LogP contribution in [0.3, 0.4) is 0 Å². The molecule has 0 fully saturated rings. The topological polar surface area (TPSA) is 18.5 Å². The highest BCUT2D eigenvalue weighted by atomic mass is 35.5. The van der Waals surface area contributed by atoms with E-state index in [1.807, 2.05) is 12.1 Å². The third-order valence-electron chi connectivity index (χ3n) is 4.29. The van der Waals surface area contributed by atoms with E-state index in [9.17, 15) is 0 Å². The number of hydrogen-bond donors (Lipinski definition) is 0. The third-order valence-corrected chi connectivity index (χ3v) is 4.87. The zero-order valence-corrected chi connectivity index (χ0v) is 15.5. The zero-order valence-electron chi connectivity index (χ0n) is 14.0. The lowest BCUT2D eigenvalue weighted by molar-refractivity contribution is 0.410. The van der Waals surface area contributed by atoms with Crippen LogP contribution in [0.1, 0.15) is 36.1 Å². The van der Waals surface area contributed by atoms with Crippen molar-refractivity contribution in [1.29, 1.82) is 0 Å². The number of rotatable bonds is 6. The van der Waals surface area contributed by atoms with Crippen LogP contribution in [-0.4, -0.2) is 14.2 Å². The molecule has 0 unspecified atom stereocenters. The second-order valence-electron chi connectivity index (χ2n) is 5.95. The standard InChI is InChI=1S/C19H22Cl2O2/c1-19(2,15-5-7-17(22-3)13(9-15)11-20)16-6-8-18(23-4)14(10-16)12-21/h5-10H,11-12H2,1-4H3. The Morgan fingerprint density at radius 2 is 1.17 bits per heavy atom. The van der Waals surface area contributed by atoms with Crippen molar-refractivity contribution >= 4 is 23.2 Å². The van der Waals surface area contributed by atoms with Crippen LogP contribution >= 0.6 is 23.2 Å². The molecule has 4 heteroatoms. The van der Waals surface area contributed by atoms with Crippen LogP contribution in [0.4, 0.5) is 0 Å². The Kier molecular flexibility index (Phi) is 5.83. The van der Waals surface area contributed by atoms with E-state index in [0.29, 0.717) is 11.8 Å². The molecule has 0 aliphatic heterocycles. The van der Waals surface area contributed by atoms with Crippen molar-refractivity contribution in [3.05, 3.63) is 58.7 Å². The highest BCUT2D eigenvalue weighted by Crippen LogP contribution is 2.36. The monoisotopic (exact) mass is 352 g/mol. The molecule has 2 aromatic rings. The molecular formula is C19H22Cl2O2. The van der Waals surface area contributed by atoms with Gasteiger partial charge in [0.15, 0.2) is 0 Å². The van der Waals surface area contributed by atoms with Gasteiger partial charge in [-0.2, -0.15) is 0 Å². The van der Waals surface area contributed by atoms with Gasteiger partial charge in [-0.25, -0.2) is 0 Å². The van der Waals surface area contributed by atoms with Crippen molar-refractivity contribution in [2.24, 2.45) is 0 Å². The Morgan fingerprint density at radius 1 is 0.783 bits per heavy atom. The molecule has 0 bridgehead atoms. The fraction of sp³-hybridized carbons (Fsp3) is 0.368. The molecule has 0 aliphatic carbocycles. The number of halogens is 2. The highest BCUT2D eigenvalue weighted by molar-refractivity contribution is 6.17. The molecule has 2 rings (SSSR count). The van der Waals surface area contributed by atoms with Crippen molar-refractivity contribution in [2.75, 3.05) is 14.2 Å². The van der Waals surface area contributed by atoms with Crippen LogP contribution in [0.5, 0.6) is 11.5 Å². The van der Waals surface area contributed by atoms with Gasteiger partial charge < -0.3 is 9.47 Å². The van der Waals surface area contributed by atoms with E-state index in [1.54, 1.807) is 14.2 Å². The number of benzene rings is 2. The number of alkyl halides is 2. The van der Waals surface area contributed by atoms with Crippen molar-refractivity contribution in [2.45, 2.75) is 31.0 Å². The van der Waals surface area contributed by atoms with E-state index in [1.165, 1.54) is 11.1 Å². The molecule has 0 aliphatic rings. The smallest absolute Gasteiger partial charge is 0.123 e. The Hall–Kier alpha value is -1.38. The average Bonchev–Trinajstić information content (AvgIpc) is 2.60. The van der Waals surface area contributed by atoms with Gasteiger partial charge in [-0.3, -0.25) is 0 Å². The van der Waals surface area contributed by atoms with E-state index < -0.39 is 0 Å². The second kappa shape index (κ2) is 7.46. The minimum Gasteiger partial charge on any atom is -0.496 e. The molecule has 23 heavy (non-hydrogen) atoms. The van der Waals surface area contributed by atoms with Crippen molar-refractivity contribution in [3.63, 3.8) is 0 Å². The van der Waals surface area contributed by atoms with Gasteiger partial charge in [0.2, 0.25) is 0 Å². The summed E-state index contributed by atoms with van der Waals surface area (Å²) in [6, 6.07) is 12.3. The summed E-state index contributed by atoms with van der Waals surface area (Å²) in [6.07, 6.45) is 0. The summed E-state index contributed by atoms with van der Waals surface area (Å²) in [4.78, 5) is 0. The van der Waals surface area contributed by atoms with Crippen LogP contribution in [0.25, 0.3) is 0 Å². The van der Waals surface area contributed by atoms with Crippen LogP contribution in [0.2, 0.25) is 0 Å². The summed E-state index contributed by atoms with van der Waals surface area (Å²) in [5.41, 5.74) is 4.16. The molecule has 0 N–H and O–H groups in total. The summed E-state index contributed by atoms with van der Waals surface area (Å²) in [7, 11) is 3.32. The molecule has 2 nitrogen and oxygen atoms in total. The van der Waals surface area contributed by atoms with Crippen molar-refractivity contribution in [1.82, 2.24) is 0 Å². The average molecular weight is 353 g/mol. The van der Waals surface area contributed by atoms with Crippen molar-refractivity contribution < 1.29 is 9.47 Å². The lowest BCUT2D eigenvalue weighted by Crippen LogP contribution is -2.19. The molecule has 2 aromatic carbocycles. The van der Waals surface area contributed by atoms with Gasteiger partial charge in [0.1, 0.15) is 11.5 Å². The maximum Gasteiger partial charge on any atom is 0.123 e. The van der Waals surface area contributed by atoms with Crippen LogP contribution in [0.15, 0.2) is 36.4 Å². The molecule has 0 amide bonds. The van der Waals surface area contributed by atoms with Crippen LogP contribution in [0, 0.1) is 0 Å². The van der Waals surface area contributed by atoms with Gasteiger partial charge in [-0.1, -0.05) is 38.1 Å². The van der Waals surface area contributed by atoms with Crippen LogP contribution < -0.4 is 9.47 Å². The molecule has 0 aromatic heterocycles. The first-order valence-electron chi connectivity index (χ1n) is 7.44. The van der Waals surface area contributed by atoms with E-state index in [-0.39, 0.29) is 5.41 Å². The third kappa shape index (κ3) is 3.59. The van der Waals surface area contributed by atoms with Crippen LogP contribution in [-0.2, 0) is 17.2 Å². The Morgan fingerprint density at radius 3 is 1.48 bits per heavy atom. The molecule has 0 saturated carbocycles. The van der Waals surface area contributed by atoms with Gasteiger partial charge in [0.25, 0.3) is 0 Å². The number of hydrogen-bond acceptors (Lipinski definition) is 2. The van der Waals surface area contributed by atoms with Gasteiger partial charge in [0, 0.05) is 16.5 Å². The first kappa shape index (κ1) is 18.0. The molecule has 0 saturated heterocycles. The van der Waals surface area contributed by atoms with E-state index in [0.717, 1.165) is 22.6 Å². The second-order valence-corrected chi connectivity index (χ2v) is 6.48. The number of methoxy groups -OCH3 is 2.